The van der Waals surface area contributed by atoms with E-state index in [0.29, 0.717) is 0 Å². The molecule has 20 heavy (non-hydrogen) atoms. The number of carboxylic acid groups (broad SMARTS) is 1. The largest absolute Gasteiger partial charge is 0.478 e. The Kier molecular flexibility index (Phi) is 3.35. The number of fused-ring (bicyclic) bond motifs is 1. The van der Waals surface area contributed by atoms with Crippen LogP contribution in [0.15, 0.2) is 64.8 Å². The molecule has 1 aromatic heterocycles. The number of aromatic carboxylic acids is 1. The summed E-state index contributed by atoms with van der Waals surface area (Å²) in [5.74, 6) is -0.931. The van der Waals surface area contributed by atoms with Gasteiger partial charge in [-0.25, -0.2) is 14.8 Å². The maximum atomic E-state index is 11.0. The van der Waals surface area contributed by atoms with Gasteiger partial charge in [0.2, 0.25) is 0 Å². The fourth-order valence-corrected chi connectivity index (χ4v) is 2.80. The smallest absolute Gasteiger partial charge is 0.335 e. The highest BCUT2D eigenvalue weighted by Crippen LogP contribution is 2.31. The van der Waals surface area contributed by atoms with Crippen molar-refractivity contribution in [3.8, 4) is 0 Å². The van der Waals surface area contributed by atoms with Crippen LogP contribution in [0.4, 0.5) is 0 Å². The number of para-hydroxylation sites is 1. The highest BCUT2D eigenvalue weighted by molar-refractivity contribution is 7.99. The minimum atomic E-state index is -0.931. The topological polar surface area (TPSA) is 63.1 Å². The quantitative estimate of drug-likeness (QED) is 0.745. The molecule has 0 aliphatic carbocycles. The van der Waals surface area contributed by atoms with Gasteiger partial charge in [-0.2, -0.15) is 0 Å². The minimum Gasteiger partial charge on any atom is -0.478 e. The zero-order valence-electron chi connectivity index (χ0n) is 10.4. The van der Waals surface area contributed by atoms with Gasteiger partial charge in [0.15, 0.2) is 0 Å². The molecule has 0 radical (unpaired) electrons. The summed E-state index contributed by atoms with van der Waals surface area (Å²) >= 11 is 1.43. The van der Waals surface area contributed by atoms with Gasteiger partial charge >= 0.3 is 5.97 Å². The molecule has 1 heterocycles. The van der Waals surface area contributed by atoms with E-state index in [-0.39, 0.29) is 5.56 Å². The molecular formula is C15H10N2O2S. The molecule has 3 rings (SSSR count). The van der Waals surface area contributed by atoms with Crippen LogP contribution in [-0.4, -0.2) is 21.0 Å². The molecule has 0 unspecified atom stereocenters. The molecule has 0 saturated heterocycles. The molecule has 3 aromatic rings. The molecule has 0 aliphatic rings. The fourth-order valence-electron chi connectivity index (χ4n) is 1.87. The fraction of sp³-hybridized carbons (Fsp3) is 0. The lowest BCUT2D eigenvalue weighted by Gasteiger charge is -2.05. The lowest BCUT2D eigenvalue weighted by Crippen LogP contribution is -1.95. The second kappa shape index (κ2) is 5.30. The zero-order valence-corrected chi connectivity index (χ0v) is 11.2. The lowest BCUT2D eigenvalue weighted by atomic mass is 10.2. The van der Waals surface area contributed by atoms with E-state index < -0.39 is 5.97 Å². The van der Waals surface area contributed by atoms with Crippen LogP contribution in [0.2, 0.25) is 0 Å². The molecule has 0 saturated carbocycles. The molecule has 1 N–H and O–H groups in total. The van der Waals surface area contributed by atoms with Gasteiger partial charge in [0.25, 0.3) is 0 Å². The normalized spacial score (nSPS) is 10.6. The molecule has 5 heteroatoms. The molecule has 4 nitrogen and oxygen atoms in total. The van der Waals surface area contributed by atoms with E-state index in [1.165, 1.54) is 18.1 Å². The van der Waals surface area contributed by atoms with Crippen molar-refractivity contribution in [2.75, 3.05) is 0 Å². The van der Waals surface area contributed by atoms with Crippen LogP contribution in [0.3, 0.4) is 0 Å². The summed E-state index contributed by atoms with van der Waals surface area (Å²) in [6, 6.07) is 14.6. The molecule has 98 valence electrons. The number of nitrogens with zero attached hydrogens (tertiary/aromatic N) is 2. The Balaban J connectivity index is 2.01. The van der Waals surface area contributed by atoms with E-state index in [0.717, 1.165) is 20.8 Å². The molecule has 0 spiro atoms. The molecule has 0 aliphatic heterocycles. The first kappa shape index (κ1) is 12.6. The van der Waals surface area contributed by atoms with Crippen LogP contribution in [0, 0.1) is 0 Å². The second-order valence-corrected chi connectivity index (χ2v) is 5.19. The van der Waals surface area contributed by atoms with Gasteiger partial charge < -0.3 is 5.11 Å². The van der Waals surface area contributed by atoms with E-state index in [4.69, 9.17) is 5.11 Å². The zero-order chi connectivity index (χ0) is 13.9. The minimum absolute atomic E-state index is 0.272. The molecule has 0 amide bonds. The van der Waals surface area contributed by atoms with Crippen LogP contribution in [0.1, 0.15) is 10.4 Å². The van der Waals surface area contributed by atoms with E-state index in [9.17, 15) is 4.79 Å². The first-order valence-electron chi connectivity index (χ1n) is 5.95. The van der Waals surface area contributed by atoms with Crippen molar-refractivity contribution >= 4 is 28.6 Å². The van der Waals surface area contributed by atoms with Gasteiger partial charge in [0, 0.05) is 10.3 Å². The second-order valence-electron chi connectivity index (χ2n) is 4.13. The van der Waals surface area contributed by atoms with E-state index >= 15 is 0 Å². The van der Waals surface area contributed by atoms with E-state index in [2.05, 4.69) is 9.97 Å². The molecule has 0 fully saturated rings. The predicted octanol–water partition coefficient (Wildman–Crippen LogP) is 3.48. The Bertz CT molecular complexity index is 784. The highest BCUT2D eigenvalue weighted by Gasteiger charge is 2.07. The average Bonchev–Trinajstić information content (AvgIpc) is 2.48. The standard InChI is InChI=1S/C15H10N2O2S/c18-15(19)10-4-3-5-11(8-10)20-14-12-6-1-2-7-13(12)16-9-17-14/h1-9H,(H,18,19). The number of hydrogen-bond acceptors (Lipinski definition) is 4. The third-order valence-corrected chi connectivity index (χ3v) is 3.81. The van der Waals surface area contributed by atoms with Crippen molar-refractivity contribution in [3.63, 3.8) is 0 Å². The van der Waals surface area contributed by atoms with Crippen LogP contribution < -0.4 is 0 Å². The monoisotopic (exact) mass is 282 g/mol. The van der Waals surface area contributed by atoms with Crippen LogP contribution in [-0.2, 0) is 0 Å². The van der Waals surface area contributed by atoms with Crippen LogP contribution in [0.5, 0.6) is 0 Å². The van der Waals surface area contributed by atoms with Crippen molar-refractivity contribution < 1.29 is 9.90 Å². The number of rotatable bonds is 3. The van der Waals surface area contributed by atoms with Crippen molar-refractivity contribution in [1.29, 1.82) is 0 Å². The van der Waals surface area contributed by atoms with Crippen molar-refractivity contribution in [3.05, 3.63) is 60.4 Å². The van der Waals surface area contributed by atoms with Gasteiger partial charge in [-0.3, -0.25) is 0 Å². The summed E-state index contributed by atoms with van der Waals surface area (Å²) in [5.41, 5.74) is 1.15. The van der Waals surface area contributed by atoms with Crippen LogP contribution >= 0.6 is 11.8 Å². The number of benzene rings is 2. The number of carboxylic acids is 1. The number of carbonyl (C=O) groups is 1. The van der Waals surface area contributed by atoms with Crippen molar-refractivity contribution in [1.82, 2.24) is 9.97 Å². The van der Waals surface area contributed by atoms with Gasteiger partial charge in [-0.15, -0.1) is 0 Å². The Morgan fingerprint density at radius 3 is 2.75 bits per heavy atom. The number of aromatic nitrogens is 2. The average molecular weight is 282 g/mol. The molecular weight excluding hydrogens is 272 g/mol. The maximum Gasteiger partial charge on any atom is 0.335 e. The third kappa shape index (κ3) is 2.48. The summed E-state index contributed by atoms with van der Waals surface area (Å²) in [4.78, 5) is 20.3. The van der Waals surface area contributed by atoms with Gasteiger partial charge in [0.05, 0.1) is 11.1 Å². The van der Waals surface area contributed by atoms with Crippen LogP contribution in [0.25, 0.3) is 10.9 Å². The Morgan fingerprint density at radius 1 is 1.05 bits per heavy atom. The highest BCUT2D eigenvalue weighted by atomic mass is 32.2. The molecule has 2 aromatic carbocycles. The predicted molar refractivity (Wildman–Crippen MR) is 77.1 cm³/mol. The van der Waals surface area contributed by atoms with Gasteiger partial charge in [-0.05, 0) is 24.3 Å². The Labute approximate surface area is 119 Å². The van der Waals surface area contributed by atoms with E-state index in [1.54, 1.807) is 18.2 Å². The summed E-state index contributed by atoms with van der Waals surface area (Å²) in [6.45, 7) is 0. The first-order valence-corrected chi connectivity index (χ1v) is 6.76. The number of hydrogen-bond donors (Lipinski definition) is 1. The third-order valence-electron chi connectivity index (χ3n) is 2.80. The summed E-state index contributed by atoms with van der Waals surface area (Å²) in [5, 5.41) is 10.8. The lowest BCUT2D eigenvalue weighted by molar-refractivity contribution is 0.0696. The molecule has 0 atom stereocenters. The van der Waals surface area contributed by atoms with Gasteiger partial charge in [0.1, 0.15) is 11.4 Å². The summed E-state index contributed by atoms with van der Waals surface area (Å²) in [6.07, 6.45) is 1.52. The SMILES string of the molecule is O=C(O)c1cccc(Sc2ncnc3ccccc23)c1. The summed E-state index contributed by atoms with van der Waals surface area (Å²) < 4.78 is 0. The first-order chi connectivity index (χ1) is 9.74. The maximum absolute atomic E-state index is 11.0. The Morgan fingerprint density at radius 2 is 1.90 bits per heavy atom. The Hall–Kier alpha value is -2.40. The molecule has 0 bridgehead atoms. The summed E-state index contributed by atoms with van der Waals surface area (Å²) in [7, 11) is 0. The van der Waals surface area contributed by atoms with E-state index in [1.807, 2.05) is 30.3 Å². The van der Waals surface area contributed by atoms with Gasteiger partial charge in [-0.1, -0.05) is 36.0 Å². The van der Waals surface area contributed by atoms with Crippen molar-refractivity contribution in [2.45, 2.75) is 9.92 Å². The van der Waals surface area contributed by atoms with Crippen molar-refractivity contribution in [2.24, 2.45) is 0 Å².